The van der Waals surface area contributed by atoms with Crippen LogP contribution < -0.4 is 5.32 Å². The lowest BCUT2D eigenvalue weighted by molar-refractivity contribution is 0.102. The largest absolute Gasteiger partial charge is 0.322 e. The lowest BCUT2D eigenvalue weighted by atomic mass is 10.2. The fraction of sp³-hybridized carbons (Fsp3) is 0.143. The molecule has 1 heterocycles. The second-order valence-corrected chi connectivity index (χ2v) is 6.31. The van der Waals surface area contributed by atoms with Gasteiger partial charge in [0.2, 0.25) is 0 Å². The van der Waals surface area contributed by atoms with Gasteiger partial charge in [-0.3, -0.25) is 4.79 Å². The molecule has 0 saturated carbocycles. The first-order valence-electron chi connectivity index (χ1n) is 5.85. The van der Waals surface area contributed by atoms with Crippen molar-refractivity contribution in [2.24, 2.45) is 0 Å². The third kappa shape index (κ3) is 4.21. The van der Waals surface area contributed by atoms with E-state index < -0.39 is 0 Å². The van der Waals surface area contributed by atoms with Gasteiger partial charge < -0.3 is 5.32 Å². The highest BCUT2D eigenvalue weighted by molar-refractivity contribution is 14.1. The van der Waals surface area contributed by atoms with E-state index in [2.05, 4.69) is 39.8 Å². The van der Waals surface area contributed by atoms with Crippen molar-refractivity contribution in [2.75, 3.05) is 11.1 Å². The number of carbonyl (C=O) groups excluding carboxylic acids is 1. The summed E-state index contributed by atoms with van der Waals surface area (Å²) < 4.78 is 1.14. The Hall–Kier alpha value is -1.08. The molecule has 0 atom stereocenters. The highest BCUT2D eigenvalue weighted by Gasteiger charge is 2.07. The molecule has 0 saturated heterocycles. The number of nitrogens with zero attached hydrogens (tertiary/aromatic N) is 1. The lowest BCUT2D eigenvalue weighted by Crippen LogP contribution is -2.12. The zero-order chi connectivity index (χ0) is 13.7. The van der Waals surface area contributed by atoms with E-state index in [1.54, 1.807) is 24.0 Å². The van der Waals surface area contributed by atoms with Crippen molar-refractivity contribution in [3.63, 3.8) is 0 Å². The second kappa shape index (κ2) is 6.91. The lowest BCUT2D eigenvalue weighted by Gasteiger charge is -2.06. The fourth-order valence-corrected chi connectivity index (χ4v) is 2.52. The maximum absolute atomic E-state index is 12.1. The van der Waals surface area contributed by atoms with Gasteiger partial charge in [0.15, 0.2) is 0 Å². The Morgan fingerprint density at radius 2 is 2.05 bits per heavy atom. The first-order chi connectivity index (χ1) is 9.19. The van der Waals surface area contributed by atoms with Crippen LogP contribution in [0.1, 0.15) is 17.3 Å². The SMILES string of the molecule is CCSc1cc(C(=O)Nc2ccc(I)cc2)ccn1. The van der Waals surface area contributed by atoms with Crippen LogP contribution in [0.2, 0.25) is 0 Å². The van der Waals surface area contributed by atoms with Crippen molar-refractivity contribution in [1.29, 1.82) is 0 Å². The number of thioether (sulfide) groups is 1. The van der Waals surface area contributed by atoms with Crippen LogP contribution in [0, 0.1) is 3.57 Å². The first-order valence-corrected chi connectivity index (χ1v) is 7.91. The van der Waals surface area contributed by atoms with Crippen molar-refractivity contribution in [2.45, 2.75) is 11.9 Å². The Morgan fingerprint density at radius 1 is 1.32 bits per heavy atom. The van der Waals surface area contributed by atoms with E-state index in [9.17, 15) is 4.79 Å². The molecule has 0 aliphatic carbocycles. The smallest absolute Gasteiger partial charge is 0.255 e. The number of carbonyl (C=O) groups is 1. The van der Waals surface area contributed by atoms with Crippen LogP contribution in [0.15, 0.2) is 47.6 Å². The number of nitrogens with one attached hydrogen (secondary N) is 1. The molecule has 98 valence electrons. The number of amides is 1. The predicted molar refractivity (Wildman–Crippen MR) is 87.7 cm³/mol. The minimum Gasteiger partial charge on any atom is -0.322 e. The number of anilines is 1. The zero-order valence-electron chi connectivity index (χ0n) is 10.4. The number of hydrogen-bond donors (Lipinski definition) is 1. The summed E-state index contributed by atoms with van der Waals surface area (Å²) in [6.45, 7) is 2.06. The van der Waals surface area contributed by atoms with Crippen molar-refractivity contribution in [1.82, 2.24) is 4.98 Å². The summed E-state index contributed by atoms with van der Waals surface area (Å²) in [5, 5.41) is 3.75. The van der Waals surface area contributed by atoms with Gasteiger partial charge in [0.1, 0.15) is 0 Å². The van der Waals surface area contributed by atoms with Gasteiger partial charge in [-0.15, -0.1) is 11.8 Å². The number of aromatic nitrogens is 1. The van der Waals surface area contributed by atoms with Gasteiger partial charge in [-0.1, -0.05) is 6.92 Å². The molecule has 19 heavy (non-hydrogen) atoms. The summed E-state index contributed by atoms with van der Waals surface area (Å²) >= 11 is 3.85. The normalized spacial score (nSPS) is 10.2. The molecule has 0 unspecified atom stereocenters. The monoisotopic (exact) mass is 384 g/mol. The maximum atomic E-state index is 12.1. The number of rotatable bonds is 4. The highest BCUT2D eigenvalue weighted by Crippen LogP contribution is 2.17. The third-order valence-electron chi connectivity index (χ3n) is 2.39. The number of hydrogen-bond acceptors (Lipinski definition) is 3. The number of halogens is 1. The molecule has 1 aromatic carbocycles. The van der Waals surface area contributed by atoms with Gasteiger partial charge in [-0.05, 0) is 64.7 Å². The Labute approximate surface area is 130 Å². The minimum absolute atomic E-state index is 0.110. The molecule has 1 N–H and O–H groups in total. The van der Waals surface area contributed by atoms with Crippen molar-refractivity contribution in [3.8, 4) is 0 Å². The van der Waals surface area contributed by atoms with Gasteiger partial charge >= 0.3 is 0 Å². The van der Waals surface area contributed by atoms with Gasteiger partial charge in [0.05, 0.1) is 5.03 Å². The van der Waals surface area contributed by atoms with Crippen LogP contribution in [0.5, 0.6) is 0 Å². The second-order valence-electron chi connectivity index (χ2n) is 3.78. The van der Waals surface area contributed by atoms with Gasteiger partial charge in [-0.2, -0.15) is 0 Å². The van der Waals surface area contributed by atoms with E-state index >= 15 is 0 Å². The van der Waals surface area contributed by atoms with E-state index in [1.807, 2.05) is 30.3 Å². The van der Waals surface area contributed by atoms with Gasteiger partial charge in [0, 0.05) is 21.0 Å². The van der Waals surface area contributed by atoms with Crippen LogP contribution in [0.3, 0.4) is 0 Å². The zero-order valence-corrected chi connectivity index (χ0v) is 13.4. The topological polar surface area (TPSA) is 42.0 Å². The van der Waals surface area contributed by atoms with Crippen LogP contribution in [0.25, 0.3) is 0 Å². The molecule has 0 aliphatic heterocycles. The Balaban J connectivity index is 2.11. The van der Waals surface area contributed by atoms with Gasteiger partial charge in [-0.25, -0.2) is 4.98 Å². The van der Waals surface area contributed by atoms with Crippen LogP contribution >= 0.6 is 34.4 Å². The van der Waals surface area contributed by atoms with E-state index in [1.165, 1.54) is 0 Å². The minimum atomic E-state index is -0.110. The average Bonchev–Trinajstić information content (AvgIpc) is 2.42. The number of pyridine rings is 1. The number of benzene rings is 1. The highest BCUT2D eigenvalue weighted by atomic mass is 127. The molecular weight excluding hydrogens is 371 g/mol. The molecule has 0 aliphatic rings. The van der Waals surface area contributed by atoms with E-state index in [-0.39, 0.29) is 5.91 Å². The van der Waals surface area contributed by atoms with E-state index in [0.717, 1.165) is 20.0 Å². The fourth-order valence-electron chi connectivity index (χ4n) is 1.51. The first kappa shape index (κ1) is 14.3. The molecular formula is C14H13IN2OS. The molecule has 1 amide bonds. The van der Waals surface area contributed by atoms with E-state index in [4.69, 9.17) is 0 Å². The molecule has 2 aromatic rings. The van der Waals surface area contributed by atoms with Crippen molar-refractivity contribution < 1.29 is 4.79 Å². The molecule has 5 heteroatoms. The van der Waals surface area contributed by atoms with Gasteiger partial charge in [0.25, 0.3) is 5.91 Å². The molecule has 3 nitrogen and oxygen atoms in total. The van der Waals surface area contributed by atoms with Crippen LogP contribution in [-0.4, -0.2) is 16.6 Å². The van der Waals surface area contributed by atoms with Crippen LogP contribution in [0.4, 0.5) is 5.69 Å². The summed E-state index contributed by atoms with van der Waals surface area (Å²) in [5.41, 5.74) is 1.43. The summed E-state index contributed by atoms with van der Waals surface area (Å²) in [7, 11) is 0. The average molecular weight is 384 g/mol. The van der Waals surface area contributed by atoms with Crippen LogP contribution in [-0.2, 0) is 0 Å². The maximum Gasteiger partial charge on any atom is 0.255 e. The molecule has 0 fully saturated rings. The summed E-state index contributed by atoms with van der Waals surface area (Å²) in [4.78, 5) is 16.3. The Morgan fingerprint density at radius 3 is 2.74 bits per heavy atom. The van der Waals surface area contributed by atoms with Crippen molar-refractivity contribution >= 4 is 45.9 Å². The standard InChI is InChI=1S/C14H13IN2OS/c1-2-19-13-9-10(7-8-16-13)14(18)17-12-5-3-11(15)4-6-12/h3-9H,2H2,1H3,(H,17,18). The predicted octanol–water partition coefficient (Wildman–Crippen LogP) is 4.05. The summed E-state index contributed by atoms with van der Waals surface area (Å²) in [6.07, 6.45) is 1.67. The third-order valence-corrected chi connectivity index (χ3v) is 3.92. The van der Waals surface area contributed by atoms with Crippen molar-refractivity contribution in [3.05, 3.63) is 51.7 Å². The summed E-state index contributed by atoms with van der Waals surface area (Å²) in [6, 6.07) is 11.2. The summed E-state index contributed by atoms with van der Waals surface area (Å²) in [5.74, 6) is 0.830. The quantitative estimate of drug-likeness (QED) is 0.639. The Kier molecular flexibility index (Phi) is 5.21. The molecule has 0 bridgehead atoms. The Bertz CT molecular complexity index is 572. The molecule has 0 radical (unpaired) electrons. The van der Waals surface area contributed by atoms with E-state index in [0.29, 0.717) is 5.56 Å². The molecule has 2 rings (SSSR count). The molecule has 1 aromatic heterocycles. The molecule has 0 spiro atoms.